The van der Waals surface area contributed by atoms with Crippen LogP contribution in [0.25, 0.3) is 5.70 Å². The number of hydrogen-bond donors (Lipinski definition) is 2. The normalized spacial score (nSPS) is 22.7. The number of nitrogens with zero attached hydrogens (tertiary/aromatic N) is 4. The molecule has 1 aromatic rings. The fraction of sp³-hybridized carbons (Fsp3) is 0.385. The number of pyridine rings is 1. The molecule has 180 valence electrons. The molecule has 0 radical (unpaired) electrons. The second-order valence-electron chi connectivity index (χ2n) is 8.91. The number of carbonyl (C=O) groups excluding carboxylic acids is 1. The SMILES string of the molecule is C=C(N=C(C)/C=C(/C)N)OC[C@@H]1C[C@H]2C[C@H]2CN1C(=O)c1nc(C)ccc1C(=C)N=C/C=C\N. The van der Waals surface area contributed by atoms with Crippen molar-refractivity contribution in [3.8, 4) is 0 Å². The maximum atomic E-state index is 13.7. The van der Waals surface area contributed by atoms with Crippen molar-refractivity contribution >= 4 is 23.5 Å². The quantitative estimate of drug-likeness (QED) is 0.429. The van der Waals surface area contributed by atoms with Crippen LogP contribution in [0, 0.1) is 18.8 Å². The van der Waals surface area contributed by atoms with Gasteiger partial charge in [0.05, 0.1) is 11.7 Å². The van der Waals surface area contributed by atoms with Crippen LogP contribution in [0.3, 0.4) is 0 Å². The van der Waals surface area contributed by atoms with Gasteiger partial charge in [-0.2, -0.15) is 0 Å². The summed E-state index contributed by atoms with van der Waals surface area (Å²) >= 11 is 0. The molecule has 1 aliphatic carbocycles. The highest BCUT2D eigenvalue weighted by atomic mass is 16.5. The minimum Gasteiger partial charge on any atom is -0.476 e. The summed E-state index contributed by atoms with van der Waals surface area (Å²) in [5.41, 5.74) is 14.6. The molecule has 0 aromatic carbocycles. The molecule has 1 aromatic heterocycles. The van der Waals surface area contributed by atoms with Crippen molar-refractivity contribution < 1.29 is 9.53 Å². The highest BCUT2D eigenvalue weighted by molar-refractivity contribution is 5.98. The summed E-state index contributed by atoms with van der Waals surface area (Å²) in [6.07, 6.45) is 8.29. The van der Waals surface area contributed by atoms with Crippen molar-refractivity contribution in [1.82, 2.24) is 9.88 Å². The second-order valence-corrected chi connectivity index (χ2v) is 8.91. The van der Waals surface area contributed by atoms with Crippen LogP contribution in [0.2, 0.25) is 0 Å². The molecule has 0 bridgehead atoms. The predicted octanol–water partition coefficient (Wildman–Crippen LogP) is 3.57. The van der Waals surface area contributed by atoms with E-state index in [1.54, 1.807) is 19.1 Å². The van der Waals surface area contributed by atoms with E-state index in [2.05, 4.69) is 28.1 Å². The Labute approximate surface area is 201 Å². The average Bonchev–Trinajstić information content (AvgIpc) is 3.54. The molecule has 3 atom stereocenters. The van der Waals surface area contributed by atoms with Gasteiger partial charge in [-0.15, -0.1) is 0 Å². The highest BCUT2D eigenvalue weighted by Crippen LogP contribution is 2.47. The van der Waals surface area contributed by atoms with Crippen LogP contribution < -0.4 is 11.5 Å². The summed E-state index contributed by atoms with van der Waals surface area (Å²) < 4.78 is 5.86. The zero-order valence-corrected chi connectivity index (χ0v) is 20.2. The van der Waals surface area contributed by atoms with E-state index in [-0.39, 0.29) is 11.9 Å². The van der Waals surface area contributed by atoms with Crippen molar-refractivity contribution in [1.29, 1.82) is 0 Å². The number of carbonyl (C=O) groups is 1. The maximum Gasteiger partial charge on any atom is 0.273 e. The smallest absolute Gasteiger partial charge is 0.273 e. The van der Waals surface area contributed by atoms with Gasteiger partial charge >= 0.3 is 0 Å². The first-order valence-electron chi connectivity index (χ1n) is 11.4. The third-order valence-electron chi connectivity index (χ3n) is 5.93. The largest absolute Gasteiger partial charge is 0.476 e. The monoisotopic (exact) mass is 462 g/mol. The van der Waals surface area contributed by atoms with Crippen LogP contribution in [0.1, 0.15) is 48.4 Å². The van der Waals surface area contributed by atoms with Crippen LogP contribution in [0.15, 0.2) is 65.2 Å². The lowest BCUT2D eigenvalue weighted by atomic mass is 10.0. The third-order valence-corrected chi connectivity index (χ3v) is 5.93. The summed E-state index contributed by atoms with van der Waals surface area (Å²) in [4.78, 5) is 28.8. The first kappa shape index (κ1) is 25.0. The summed E-state index contributed by atoms with van der Waals surface area (Å²) in [5, 5.41) is 0. The molecule has 0 spiro atoms. The number of rotatable bonds is 9. The van der Waals surface area contributed by atoms with Crippen molar-refractivity contribution in [2.75, 3.05) is 13.2 Å². The number of likely N-dealkylation sites (tertiary alicyclic amines) is 1. The Morgan fingerprint density at radius 3 is 2.76 bits per heavy atom. The van der Waals surface area contributed by atoms with Gasteiger partial charge in [-0.05, 0) is 82.5 Å². The van der Waals surface area contributed by atoms with E-state index in [1.165, 1.54) is 12.4 Å². The minimum absolute atomic E-state index is 0.0950. The van der Waals surface area contributed by atoms with Crippen molar-refractivity contribution in [2.24, 2.45) is 33.3 Å². The average molecular weight is 463 g/mol. The number of hydrogen-bond acceptors (Lipinski definition) is 7. The van der Waals surface area contributed by atoms with Crippen molar-refractivity contribution in [3.63, 3.8) is 0 Å². The molecule has 3 rings (SSSR count). The Kier molecular flexibility index (Phi) is 8.04. The zero-order chi connectivity index (χ0) is 24.8. The topological polar surface area (TPSA) is 119 Å². The van der Waals surface area contributed by atoms with Gasteiger partial charge in [0, 0.05) is 35.4 Å². The molecular weight excluding hydrogens is 428 g/mol. The number of allylic oxidation sites excluding steroid dienone is 3. The van der Waals surface area contributed by atoms with Crippen LogP contribution in [-0.4, -0.2) is 46.9 Å². The molecular formula is C26H34N6O2. The van der Waals surface area contributed by atoms with E-state index >= 15 is 0 Å². The van der Waals surface area contributed by atoms with Gasteiger partial charge in [0.2, 0.25) is 5.88 Å². The maximum absolute atomic E-state index is 13.7. The van der Waals surface area contributed by atoms with Gasteiger partial charge in [-0.3, -0.25) is 9.79 Å². The molecule has 1 saturated heterocycles. The van der Waals surface area contributed by atoms with Gasteiger partial charge < -0.3 is 21.1 Å². The first-order valence-corrected chi connectivity index (χ1v) is 11.4. The third kappa shape index (κ3) is 6.43. The number of piperidine rings is 1. The number of fused-ring (bicyclic) bond motifs is 1. The van der Waals surface area contributed by atoms with Crippen LogP contribution >= 0.6 is 0 Å². The summed E-state index contributed by atoms with van der Waals surface area (Å²) in [6.45, 7) is 14.4. The Hall–Kier alpha value is -3.68. The van der Waals surface area contributed by atoms with E-state index < -0.39 is 0 Å². The number of nitrogens with two attached hydrogens (primary N) is 2. The summed E-state index contributed by atoms with van der Waals surface area (Å²) in [7, 11) is 0. The fourth-order valence-electron chi connectivity index (χ4n) is 4.23. The van der Waals surface area contributed by atoms with Crippen LogP contribution in [-0.2, 0) is 4.74 Å². The number of amides is 1. The molecule has 2 fully saturated rings. The molecule has 4 N–H and O–H groups in total. The van der Waals surface area contributed by atoms with Crippen molar-refractivity contribution in [2.45, 2.75) is 39.7 Å². The number of aliphatic imine (C=N–C) groups is 2. The van der Waals surface area contributed by atoms with Gasteiger partial charge in [-0.25, -0.2) is 9.98 Å². The van der Waals surface area contributed by atoms with E-state index in [0.29, 0.717) is 59.2 Å². The lowest BCUT2D eigenvalue weighted by Gasteiger charge is -2.35. The van der Waals surface area contributed by atoms with E-state index in [0.717, 1.165) is 18.5 Å². The van der Waals surface area contributed by atoms with E-state index in [4.69, 9.17) is 16.2 Å². The molecule has 0 unspecified atom stereocenters. The van der Waals surface area contributed by atoms with Gasteiger partial charge in [0.15, 0.2) is 0 Å². The summed E-state index contributed by atoms with van der Waals surface area (Å²) in [6, 6.07) is 3.59. The highest BCUT2D eigenvalue weighted by Gasteiger charge is 2.47. The molecule has 34 heavy (non-hydrogen) atoms. The van der Waals surface area contributed by atoms with E-state index in [1.807, 2.05) is 30.9 Å². The van der Waals surface area contributed by atoms with Gasteiger partial charge in [-0.1, -0.05) is 6.58 Å². The first-order chi connectivity index (χ1) is 16.2. The Morgan fingerprint density at radius 2 is 2.06 bits per heavy atom. The van der Waals surface area contributed by atoms with Gasteiger partial charge in [0.25, 0.3) is 5.91 Å². The minimum atomic E-state index is -0.143. The predicted molar refractivity (Wildman–Crippen MR) is 137 cm³/mol. The summed E-state index contributed by atoms with van der Waals surface area (Å²) in [5.74, 6) is 1.32. The molecule has 2 aliphatic rings. The molecule has 1 amide bonds. The lowest BCUT2D eigenvalue weighted by molar-refractivity contribution is 0.0425. The van der Waals surface area contributed by atoms with Crippen LogP contribution in [0.5, 0.6) is 0 Å². The molecule has 8 nitrogen and oxygen atoms in total. The molecule has 8 heteroatoms. The van der Waals surface area contributed by atoms with Crippen molar-refractivity contribution in [3.05, 3.63) is 72.2 Å². The second kappa shape index (κ2) is 11.0. The number of ether oxygens (including phenoxy) is 1. The number of aromatic nitrogens is 1. The zero-order valence-electron chi connectivity index (χ0n) is 20.2. The standard InChI is InChI=1S/C26H34N6O2/c1-16(28)11-18(3)30-20(5)34-15-23-13-21-12-22(21)14-32(23)26(33)25-24(8-7-17(2)31-25)19(4)29-10-6-9-27/h6-11,21-23H,4-5,12-15,27-28H2,1-3H3/b9-6-,16-11-,29-10?,30-18?/t21-,22+,23+/m1/s1. The lowest BCUT2D eigenvalue weighted by Crippen LogP contribution is -2.47. The fourth-order valence-corrected chi connectivity index (χ4v) is 4.23. The Morgan fingerprint density at radius 1 is 1.29 bits per heavy atom. The van der Waals surface area contributed by atoms with E-state index in [9.17, 15) is 4.79 Å². The van der Waals surface area contributed by atoms with Crippen LogP contribution in [0.4, 0.5) is 0 Å². The van der Waals surface area contributed by atoms with Gasteiger partial charge in [0.1, 0.15) is 12.3 Å². The Bertz CT molecular complexity index is 1080. The Balaban J connectivity index is 1.80. The molecule has 2 heterocycles. The molecule has 1 aliphatic heterocycles. The molecule has 1 saturated carbocycles. The number of aryl methyl sites for hydroxylation is 1.